The molecule has 1 amide bonds. The first-order chi connectivity index (χ1) is 11.7. The van der Waals surface area contributed by atoms with Crippen LogP contribution in [0.3, 0.4) is 0 Å². The van der Waals surface area contributed by atoms with Crippen molar-refractivity contribution in [2.75, 3.05) is 23.3 Å². The van der Waals surface area contributed by atoms with Crippen LogP contribution in [0.4, 0.5) is 11.4 Å². The van der Waals surface area contributed by atoms with E-state index in [0.717, 1.165) is 25.2 Å². The molecular formula is C18H17N3O2S. The number of likely N-dealkylation sites (N-methyl/N-ethyl adjacent to an activating group) is 1. The number of aromatic nitrogens is 1. The van der Waals surface area contributed by atoms with E-state index < -0.39 is 0 Å². The van der Waals surface area contributed by atoms with Crippen LogP contribution in [0, 0.1) is 0 Å². The van der Waals surface area contributed by atoms with E-state index in [0.29, 0.717) is 16.5 Å². The van der Waals surface area contributed by atoms with Gasteiger partial charge in [-0.3, -0.25) is 4.79 Å². The van der Waals surface area contributed by atoms with Crippen molar-refractivity contribution in [1.29, 1.82) is 0 Å². The van der Waals surface area contributed by atoms with Gasteiger partial charge in [0.15, 0.2) is 10.8 Å². The van der Waals surface area contributed by atoms with Crippen molar-refractivity contribution in [1.82, 2.24) is 4.98 Å². The summed E-state index contributed by atoms with van der Waals surface area (Å²) in [5.41, 5.74) is 3.75. The van der Waals surface area contributed by atoms with Gasteiger partial charge in [-0.05, 0) is 43.2 Å². The van der Waals surface area contributed by atoms with Gasteiger partial charge < -0.3 is 14.6 Å². The number of thiazole rings is 1. The lowest BCUT2D eigenvalue weighted by Gasteiger charge is -2.17. The zero-order valence-corrected chi connectivity index (χ0v) is 14.1. The van der Waals surface area contributed by atoms with Crippen LogP contribution in [0.15, 0.2) is 46.4 Å². The zero-order chi connectivity index (χ0) is 16.5. The molecule has 0 atom stereocenters. The fourth-order valence-electron chi connectivity index (χ4n) is 2.94. The van der Waals surface area contributed by atoms with E-state index in [4.69, 9.17) is 4.42 Å². The summed E-state index contributed by atoms with van der Waals surface area (Å²) in [6, 6.07) is 9.73. The van der Waals surface area contributed by atoms with Crippen molar-refractivity contribution in [3.8, 4) is 10.8 Å². The van der Waals surface area contributed by atoms with Crippen LogP contribution in [0.5, 0.6) is 0 Å². The third-order valence-corrected chi connectivity index (χ3v) is 5.04. The molecule has 6 heteroatoms. The molecule has 1 aliphatic heterocycles. The van der Waals surface area contributed by atoms with E-state index in [1.807, 2.05) is 18.2 Å². The number of hydrogen-bond donors (Lipinski definition) is 1. The highest BCUT2D eigenvalue weighted by molar-refractivity contribution is 7.13. The Labute approximate surface area is 143 Å². The average molecular weight is 339 g/mol. The lowest BCUT2D eigenvalue weighted by molar-refractivity contribution is 0.102. The minimum absolute atomic E-state index is 0.204. The van der Waals surface area contributed by atoms with Gasteiger partial charge >= 0.3 is 0 Å². The Bertz CT molecular complexity index is 870. The molecule has 3 aromatic rings. The van der Waals surface area contributed by atoms with Gasteiger partial charge in [-0.25, -0.2) is 4.98 Å². The van der Waals surface area contributed by atoms with Crippen molar-refractivity contribution in [2.45, 2.75) is 13.3 Å². The summed E-state index contributed by atoms with van der Waals surface area (Å²) in [7, 11) is 0. The number of carbonyl (C=O) groups is 1. The van der Waals surface area contributed by atoms with Crippen LogP contribution in [-0.4, -0.2) is 24.0 Å². The van der Waals surface area contributed by atoms with Crippen molar-refractivity contribution in [3.63, 3.8) is 0 Å². The average Bonchev–Trinajstić information content (AvgIpc) is 3.33. The SMILES string of the molecule is CCN1CCc2ccc(NC(=O)c3csc(-c4ccco4)n3)cc21. The molecule has 0 fully saturated rings. The Kier molecular flexibility index (Phi) is 3.82. The maximum atomic E-state index is 12.4. The van der Waals surface area contributed by atoms with Crippen LogP contribution in [0.2, 0.25) is 0 Å². The van der Waals surface area contributed by atoms with E-state index in [1.165, 1.54) is 22.6 Å². The molecule has 122 valence electrons. The summed E-state index contributed by atoms with van der Waals surface area (Å²) in [5, 5.41) is 5.39. The third-order valence-electron chi connectivity index (χ3n) is 4.19. The number of fused-ring (bicyclic) bond motifs is 1. The minimum Gasteiger partial charge on any atom is -0.462 e. The Hall–Kier alpha value is -2.60. The number of furan rings is 1. The van der Waals surface area contributed by atoms with Crippen molar-refractivity contribution < 1.29 is 9.21 Å². The highest BCUT2D eigenvalue weighted by Crippen LogP contribution is 2.31. The standard InChI is InChI=1S/C18H17N3O2S/c1-2-21-8-7-12-5-6-13(10-15(12)21)19-17(22)14-11-24-18(20-14)16-4-3-9-23-16/h3-6,9-11H,2,7-8H2,1H3,(H,19,22). The largest absolute Gasteiger partial charge is 0.462 e. The first kappa shape index (κ1) is 15.0. The van der Waals surface area contributed by atoms with Crippen LogP contribution in [0.25, 0.3) is 10.8 Å². The van der Waals surface area contributed by atoms with Gasteiger partial charge in [0, 0.05) is 29.8 Å². The first-order valence-corrected chi connectivity index (χ1v) is 8.81. The number of rotatable bonds is 4. The van der Waals surface area contributed by atoms with Gasteiger partial charge in [-0.1, -0.05) is 6.07 Å². The van der Waals surface area contributed by atoms with Gasteiger partial charge in [-0.15, -0.1) is 11.3 Å². The van der Waals surface area contributed by atoms with Crippen molar-refractivity contribution in [2.24, 2.45) is 0 Å². The number of anilines is 2. The van der Waals surface area contributed by atoms with E-state index in [9.17, 15) is 4.79 Å². The summed E-state index contributed by atoms with van der Waals surface area (Å²) < 4.78 is 5.32. The Balaban J connectivity index is 1.53. The number of carbonyl (C=O) groups excluding carboxylic acids is 1. The maximum Gasteiger partial charge on any atom is 0.275 e. The fourth-order valence-corrected chi connectivity index (χ4v) is 3.70. The quantitative estimate of drug-likeness (QED) is 0.779. The molecule has 0 saturated heterocycles. The van der Waals surface area contributed by atoms with Gasteiger partial charge in [0.1, 0.15) is 5.69 Å². The molecule has 0 aliphatic carbocycles. The summed E-state index contributed by atoms with van der Waals surface area (Å²) in [6.45, 7) is 4.16. The Morgan fingerprint density at radius 1 is 1.42 bits per heavy atom. The zero-order valence-electron chi connectivity index (χ0n) is 13.3. The molecule has 1 N–H and O–H groups in total. The molecule has 24 heavy (non-hydrogen) atoms. The van der Waals surface area contributed by atoms with Crippen LogP contribution < -0.4 is 10.2 Å². The first-order valence-electron chi connectivity index (χ1n) is 7.93. The number of nitrogens with one attached hydrogen (secondary N) is 1. The molecule has 5 nitrogen and oxygen atoms in total. The van der Waals surface area contributed by atoms with Gasteiger partial charge in [0.2, 0.25) is 0 Å². The number of amides is 1. The molecule has 1 aromatic carbocycles. The van der Waals surface area contributed by atoms with Gasteiger partial charge in [0.05, 0.1) is 6.26 Å². The summed E-state index contributed by atoms with van der Waals surface area (Å²) in [6.07, 6.45) is 2.66. The van der Waals surface area contributed by atoms with Crippen molar-refractivity contribution >= 4 is 28.6 Å². The Morgan fingerprint density at radius 2 is 2.33 bits per heavy atom. The minimum atomic E-state index is -0.204. The maximum absolute atomic E-state index is 12.4. The number of benzene rings is 1. The predicted molar refractivity (Wildman–Crippen MR) is 95.8 cm³/mol. The van der Waals surface area contributed by atoms with E-state index in [-0.39, 0.29) is 5.91 Å². The predicted octanol–water partition coefficient (Wildman–Crippen LogP) is 4.04. The number of nitrogens with zero attached hydrogens (tertiary/aromatic N) is 2. The highest BCUT2D eigenvalue weighted by atomic mass is 32.1. The normalized spacial score (nSPS) is 13.1. The van der Waals surface area contributed by atoms with Crippen LogP contribution >= 0.6 is 11.3 Å². The lowest BCUT2D eigenvalue weighted by atomic mass is 10.1. The third kappa shape index (κ3) is 2.69. The smallest absolute Gasteiger partial charge is 0.275 e. The summed E-state index contributed by atoms with van der Waals surface area (Å²) in [4.78, 5) is 19.1. The lowest BCUT2D eigenvalue weighted by Crippen LogP contribution is -2.19. The van der Waals surface area contributed by atoms with Gasteiger partial charge in [0.25, 0.3) is 5.91 Å². The Morgan fingerprint density at radius 3 is 3.12 bits per heavy atom. The molecule has 4 rings (SSSR count). The van der Waals surface area contributed by atoms with E-state index in [1.54, 1.807) is 17.7 Å². The molecule has 0 bridgehead atoms. The van der Waals surface area contributed by atoms with Crippen LogP contribution in [0.1, 0.15) is 23.0 Å². The number of hydrogen-bond acceptors (Lipinski definition) is 5. The monoisotopic (exact) mass is 339 g/mol. The molecule has 1 aliphatic rings. The van der Waals surface area contributed by atoms with Gasteiger partial charge in [-0.2, -0.15) is 0 Å². The second-order valence-corrected chi connectivity index (χ2v) is 6.50. The fraction of sp³-hybridized carbons (Fsp3) is 0.222. The van der Waals surface area contributed by atoms with E-state index >= 15 is 0 Å². The molecule has 0 saturated carbocycles. The van der Waals surface area contributed by atoms with E-state index in [2.05, 4.69) is 28.2 Å². The molecule has 2 aromatic heterocycles. The molecule has 0 unspecified atom stereocenters. The molecule has 3 heterocycles. The topological polar surface area (TPSA) is 58.4 Å². The highest BCUT2D eigenvalue weighted by Gasteiger charge is 2.19. The molecular weight excluding hydrogens is 322 g/mol. The summed E-state index contributed by atoms with van der Waals surface area (Å²) >= 11 is 1.40. The van der Waals surface area contributed by atoms with Crippen molar-refractivity contribution in [3.05, 3.63) is 53.2 Å². The summed E-state index contributed by atoms with van der Waals surface area (Å²) in [5.74, 6) is 0.472. The molecule has 0 radical (unpaired) electrons. The molecule has 0 spiro atoms. The second-order valence-electron chi connectivity index (χ2n) is 5.64. The second kappa shape index (κ2) is 6.13. The van der Waals surface area contributed by atoms with Crippen LogP contribution in [-0.2, 0) is 6.42 Å².